The number of fused-ring (bicyclic) bond motifs is 1. The normalized spacial score (nSPS) is 14.3. The number of halogens is 1. The first kappa shape index (κ1) is 20.6. The SMILES string of the molecule is CCCN1CCN(CC(=O)N[C@H](Cc2ccccc2)C(=O)O)c2cc(F)ccc21. The summed E-state index contributed by atoms with van der Waals surface area (Å²) in [6.45, 7) is 4.22. The van der Waals surface area contributed by atoms with Gasteiger partial charge in [0.1, 0.15) is 11.9 Å². The maximum atomic E-state index is 13.9. The lowest BCUT2D eigenvalue weighted by atomic mass is 10.1. The van der Waals surface area contributed by atoms with Gasteiger partial charge in [0.15, 0.2) is 0 Å². The van der Waals surface area contributed by atoms with Crippen LogP contribution >= 0.6 is 0 Å². The minimum atomic E-state index is -1.08. The molecule has 7 heteroatoms. The van der Waals surface area contributed by atoms with Crippen molar-refractivity contribution in [2.24, 2.45) is 0 Å². The predicted molar refractivity (Wildman–Crippen MR) is 111 cm³/mol. The van der Waals surface area contributed by atoms with Crippen molar-refractivity contribution in [2.45, 2.75) is 25.8 Å². The number of hydrogen-bond donors (Lipinski definition) is 2. The van der Waals surface area contributed by atoms with Crippen molar-refractivity contribution in [1.82, 2.24) is 5.32 Å². The number of anilines is 2. The van der Waals surface area contributed by atoms with E-state index in [9.17, 15) is 19.1 Å². The van der Waals surface area contributed by atoms with E-state index in [0.29, 0.717) is 12.2 Å². The van der Waals surface area contributed by atoms with E-state index in [1.807, 2.05) is 30.3 Å². The first-order chi connectivity index (χ1) is 14.0. The average molecular weight is 399 g/mol. The van der Waals surface area contributed by atoms with Crippen LogP contribution in [0.1, 0.15) is 18.9 Å². The Morgan fingerprint density at radius 1 is 1.10 bits per heavy atom. The van der Waals surface area contributed by atoms with E-state index < -0.39 is 17.9 Å². The maximum absolute atomic E-state index is 13.9. The summed E-state index contributed by atoms with van der Waals surface area (Å²) in [5.41, 5.74) is 2.39. The fourth-order valence-electron chi connectivity index (χ4n) is 3.63. The van der Waals surface area contributed by atoms with Gasteiger partial charge < -0.3 is 20.2 Å². The van der Waals surface area contributed by atoms with E-state index >= 15 is 0 Å². The second-order valence-corrected chi connectivity index (χ2v) is 7.19. The second-order valence-electron chi connectivity index (χ2n) is 7.19. The Hall–Kier alpha value is -3.09. The van der Waals surface area contributed by atoms with Crippen LogP contribution in [0.3, 0.4) is 0 Å². The highest BCUT2D eigenvalue weighted by atomic mass is 19.1. The molecule has 1 aliphatic heterocycles. The molecule has 154 valence electrons. The summed E-state index contributed by atoms with van der Waals surface area (Å²) < 4.78 is 13.9. The molecule has 0 radical (unpaired) electrons. The smallest absolute Gasteiger partial charge is 0.326 e. The number of nitrogens with zero attached hydrogens (tertiary/aromatic N) is 2. The first-order valence-electron chi connectivity index (χ1n) is 9.83. The Bertz CT molecular complexity index is 860. The number of aliphatic carboxylic acids is 1. The summed E-state index contributed by atoms with van der Waals surface area (Å²) in [4.78, 5) is 28.2. The largest absolute Gasteiger partial charge is 0.480 e. The predicted octanol–water partition coefficient (Wildman–Crippen LogP) is 2.67. The molecule has 2 N–H and O–H groups in total. The number of carboxylic acid groups (broad SMARTS) is 1. The fraction of sp³-hybridized carbons (Fsp3) is 0.364. The highest BCUT2D eigenvalue weighted by Gasteiger charge is 2.26. The number of rotatable bonds is 8. The number of benzene rings is 2. The second kappa shape index (κ2) is 9.41. The lowest BCUT2D eigenvalue weighted by Gasteiger charge is -2.38. The summed E-state index contributed by atoms with van der Waals surface area (Å²) in [5, 5.41) is 12.1. The van der Waals surface area contributed by atoms with E-state index in [0.717, 1.165) is 30.8 Å². The van der Waals surface area contributed by atoms with Gasteiger partial charge >= 0.3 is 5.97 Å². The zero-order valence-corrected chi connectivity index (χ0v) is 16.5. The topological polar surface area (TPSA) is 72.9 Å². The Kier molecular flexibility index (Phi) is 6.69. The lowest BCUT2D eigenvalue weighted by Crippen LogP contribution is -2.49. The van der Waals surface area contributed by atoms with Crippen LogP contribution in [-0.4, -0.2) is 49.2 Å². The van der Waals surface area contributed by atoms with Gasteiger partial charge in [0.05, 0.1) is 17.9 Å². The summed E-state index contributed by atoms with van der Waals surface area (Å²) >= 11 is 0. The molecular formula is C22H26FN3O3. The van der Waals surface area contributed by atoms with Crippen LogP contribution in [0, 0.1) is 5.82 Å². The van der Waals surface area contributed by atoms with Gasteiger partial charge in [0, 0.05) is 26.1 Å². The van der Waals surface area contributed by atoms with Gasteiger partial charge in [-0.05, 0) is 30.2 Å². The Morgan fingerprint density at radius 3 is 2.52 bits per heavy atom. The van der Waals surface area contributed by atoms with E-state index in [2.05, 4.69) is 17.1 Å². The third-order valence-electron chi connectivity index (χ3n) is 5.00. The molecule has 1 amide bonds. The van der Waals surface area contributed by atoms with E-state index in [4.69, 9.17) is 0 Å². The number of carbonyl (C=O) groups is 2. The van der Waals surface area contributed by atoms with Gasteiger partial charge in [0.25, 0.3) is 0 Å². The number of carbonyl (C=O) groups excluding carboxylic acids is 1. The van der Waals surface area contributed by atoms with Crippen molar-refractivity contribution in [3.63, 3.8) is 0 Å². The van der Waals surface area contributed by atoms with Crippen LogP contribution in [0.15, 0.2) is 48.5 Å². The molecule has 2 aromatic rings. The molecule has 0 saturated heterocycles. The van der Waals surface area contributed by atoms with Gasteiger partial charge in [-0.25, -0.2) is 9.18 Å². The molecule has 1 aliphatic rings. The molecule has 3 rings (SSSR count). The van der Waals surface area contributed by atoms with Crippen LogP contribution in [0.4, 0.5) is 15.8 Å². The van der Waals surface area contributed by atoms with E-state index in [1.54, 1.807) is 11.0 Å². The van der Waals surface area contributed by atoms with Crippen molar-refractivity contribution in [2.75, 3.05) is 36.0 Å². The monoisotopic (exact) mass is 399 g/mol. The van der Waals surface area contributed by atoms with Crippen LogP contribution in [-0.2, 0) is 16.0 Å². The number of carboxylic acids is 1. The van der Waals surface area contributed by atoms with Crippen molar-refractivity contribution in [1.29, 1.82) is 0 Å². The molecule has 1 atom stereocenters. The summed E-state index contributed by atoms with van der Waals surface area (Å²) in [7, 11) is 0. The lowest BCUT2D eigenvalue weighted by molar-refractivity contribution is -0.141. The molecule has 0 saturated carbocycles. The molecule has 0 fully saturated rings. The number of hydrogen-bond acceptors (Lipinski definition) is 4. The zero-order valence-electron chi connectivity index (χ0n) is 16.5. The minimum absolute atomic E-state index is 0.0189. The van der Waals surface area contributed by atoms with Gasteiger partial charge in [-0.3, -0.25) is 4.79 Å². The van der Waals surface area contributed by atoms with Gasteiger partial charge in [-0.2, -0.15) is 0 Å². The maximum Gasteiger partial charge on any atom is 0.326 e. The van der Waals surface area contributed by atoms with Crippen molar-refractivity contribution >= 4 is 23.3 Å². The van der Waals surface area contributed by atoms with Crippen LogP contribution in [0.5, 0.6) is 0 Å². The molecule has 6 nitrogen and oxygen atoms in total. The van der Waals surface area contributed by atoms with Crippen molar-refractivity contribution in [3.05, 3.63) is 59.9 Å². The fourth-order valence-corrected chi connectivity index (χ4v) is 3.63. The van der Waals surface area contributed by atoms with Crippen molar-refractivity contribution < 1.29 is 19.1 Å². The van der Waals surface area contributed by atoms with Crippen LogP contribution in [0.25, 0.3) is 0 Å². The zero-order chi connectivity index (χ0) is 20.8. The van der Waals surface area contributed by atoms with Gasteiger partial charge in [-0.1, -0.05) is 37.3 Å². The van der Waals surface area contributed by atoms with Crippen LogP contribution < -0.4 is 15.1 Å². The third kappa shape index (κ3) is 5.25. The molecule has 0 unspecified atom stereocenters. The van der Waals surface area contributed by atoms with E-state index in [-0.39, 0.29) is 18.8 Å². The molecule has 0 spiro atoms. The first-order valence-corrected chi connectivity index (χ1v) is 9.83. The van der Waals surface area contributed by atoms with Gasteiger partial charge in [0.2, 0.25) is 5.91 Å². The molecule has 29 heavy (non-hydrogen) atoms. The minimum Gasteiger partial charge on any atom is -0.480 e. The Morgan fingerprint density at radius 2 is 1.83 bits per heavy atom. The molecule has 2 aromatic carbocycles. The van der Waals surface area contributed by atoms with Crippen LogP contribution in [0.2, 0.25) is 0 Å². The molecule has 0 aromatic heterocycles. The molecular weight excluding hydrogens is 373 g/mol. The van der Waals surface area contributed by atoms with Crippen molar-refractivity contribution in [3.8, 4) is 0 Å². The third-order valence-corrected chi connectivity index (χ3v) is 5.00. The highest BCUT2D eigenvalue weighted by Crippen LogP contribution is 2.33. The number of nitrogens with one attached hydrogen (secondary N) is 1. The molecule has 0 aliphatic carbocycles. The summed E-state index contributed by atoms with van der Waals surface area (Å²) in [6.07, 6.45) is 1.18. The summed E-state index contributed by atoms with van der Waals surface area (Å²) in [5.74, 6) is -1.84. The molecule has 1 heterocycles. The Labute approximate surface area is 169 Å². The van der Waals surface area contributed by atoms with E-state index in [1.165, 1.54) is 12.1 Å². The molecule has 0 bridgehead atoms. The standard InChI is InChI=1S/C22H26FN3O3/c1-2-10-25-11-12-26(20-14-17(23)8-9-19(20)25)15-21(27)24-18(22(28)29)13-16-6-4-3-5-7-16/h3-9,14,18H,2,10-13,15H2,1H3,(H,24,27)(H,28,29)/t18-/m1/s1. The Balaban J connectivity index is 1.70. The quantitative estimate of drug-likeness (QED) is 0.714. The average Bonchev–Trinajstić information content (AvgIpc) is 2.70. The summed E-state index contributed by atoms with van der Waals surface area (Å²) in [6, 6.07) is 12.7. The highest BCUT2D eigenvalue weighted by molar-refractivity contribution is 5.88. The van der Waals surface area contributed by atoms with Gasteiger partial charge in [-0.15, -0.1) is 0 Å². The number of amides is 1.